The molecule has 0 aliphatic heterocycles. The largest absolute Gasteiger partial charge is 0.490 e. The Balaban J connectivity index is 2.04. The monoisotopic (exact) mass is 235 g/mol. The summed E-state index contributed by atoms with van der Waals surface area (Å²) in [6.45, 7) is 0. The van der Waals surface area contributed by atoms with Crippen LogP contribution < -0.4 is 10.5 Å². The molecular weight excluding hydrogens is 218 g/mol. The minimum atomic E-state index is -0.818. The van der Waals surface area contributed by atoms with Crippen LogP contribution in [0.2, 0.25) is 0 Å². The van der Waals surface area contributed by atoms with E-state index in [0.29, 0.717) is 12.5 Å². The van der Waals surface area contributed by atoms with Crippen LogP contribution in [0.5, 0.6) is 5.75 Å². The van der Waals surface area contributed by atoms with Crippen molar-refractivity contribution in [3.05, 3.63) is 29.8 Å². The fourth-order valence-corrected chi connectivity index (χ4v) is 1.69. The minimum Gasteiger partial charge on any atom is -0.490 e. The Labute approximate surface area is 100 Å². The number of benzene rings is 1. The van der Waals surface area contributed by atoms with Gasteiger partial charge in [0.1, 0.15) is 5.75 Å². The van der Waals surface area contributed by atoms with Crippen molar-refractivity contribution in [1.82, 2.24) is 0 Å². The molecule has 1 fully saturated rings. The maximum atomic E-state index is 10.5. The highest BCUT2D eigenvalue weighted by Crippen LogP contribution is 2.32. The highest BCUT2D eigenvalue weighted by Gasteiger charge is 2.25. The molecule has 1 unspecified atom stereocenters. The average molecular weight is 235 g/mol. The molecule has 1 aliphatic carbocycles. The molecule has 92 valence electrons. The second kappa shape index (κ2) is 5.19. The van der Waals surface area contributed by atoms with E-state index in [1.165, 1.54) is 0 Å². The van der Waals surface area contributed by atoms with Gasteiger partial charge < -0.3 is 15.6 Å². The van der Waals surface area contributed by atoms with Crippen molar-refractivity contribution in [2.75, 3.05) is 0 Å². The van der Waals surface area contributed by atoms with E-state index in [2.05, 4.69) is 0 Å². The van der Waals surface area contributed by atoms with Crippen LogP contribution in [0.25, 0.3) is 0 Å². The fraction of sp³-hybridized carbons (Fsp3) is 0.462. The number of ether oxygens (including phenoxy) is 1. The molecule has 0 aromatic heterocycles. The smallest absolute Gasteiger partial charge is 0.303 e. The highest BCUT2D eigenvalue weighted by atomic mass is 16.5. The fourth-order valence-electron chi connectivity index (χ4n) is 1.69. The SMILES string of the molecule is NC(CCC(=O)O)c1ccccc1OC1CC1. The van der Waals surface area contributed by atoms with Crippen molar-refractivity contribution < 1.29 is 14.6 Å². The highest BCUT2D eigenvalue weighted by molar-refractivity contribution is 5.66. The van der Waals surface area contributed by atoms with E-state index in [-0.39, 0.29) is 12.5 Å². The lowest BCUT2D eigenvalue weighted by Gasteiger charge is -2.16. The van der Waals surface area contributed by atoms with Gasteiger partial charge in [-0.15, -0.1) is 0 Å². The molecule has 0 saturated heterocycles. The van der Waals surface area contributed by atoms with E-state index in [0.717, 1.165) is 24.2 Å². The average Bonchev–Trinajstić information content (AvgIpc) is 3.10. The number of carboxylic acids is 1. The van der Waals surface area contributed by atoms with Crippen molar-refractivity contribution in [1.29, 1.82) is 0 Å². The number of hydrogen-bond acceptors (Lipinski definition) is 3. The molecule has 1 aromatic rings. The van der Waals surface area contributed by atoms with Crippen LogP contribution in [0.15, 0.2) is 24.3 Å². The molecule has 0 bridgehead atoms. The van der Waals surface area contributed by atoms with Crippen LogP contribution in [0, 0.1) is 0 Å². The quantitative estimate of drug-likeness (QED) is 0.792. The van der Waals surface area contributed by atoms with Crippen molar-refractivity contribution in [3.63, 3.8) is 0 Å². The molecule has 4 heteroatoms. The summed E-state index contributed by atoms with van der Waals surface area (Å²) in [6.07, 6.45) is 3.03. The second-order valence-electron chi connectivity index (χ2n) is 4.39. The Hall–Kier alpha value is -1.55. The molecule has 0 heterocycles. The van der Waals surface area contributed by atoms with Crippen LogP contribution in [0.4, 0.5) is 0 Å². The zero-order chi connectivity index (χ0) is 12.3. The zero-order valence-corrected chi connectivity index (χ0v) is 9.63. The number of para-hydroxylation sites is 1. The lowest BCUT2D eigenvalue weighted by molar-refractivity contribution is -0.137. The molecule has 17 heavy (non-hydrogen) atoms. The molecule has 0 amide bonds. The Kier molecular flexibility index (Phi) is 3.64. The number of nitrogens with two attached hydrogens (primary N) is 1. The molecule has 0 spiro atoms. The molecule has 4 nitrogen and oxygen atoms in total. The van der Waals surface area contributed by atoms with Gasteiger partial charge in [0.25, 0.3) is 0 Å². The molecule has 2 rings (SSSR count). The van der Waals surface area contributed by atoms with E-state index < -0.39 is 5.97 Å². The van der Waals surface area contributed by atoms with Crippen LogP contribution in [0.3, 0.4) is 0 Å². The third kappa shape index (κ3) is 3.46. The normalized spacial score (nSPS) is 16.5. The number of rotatable bonds is 6. The standard InChI is InChI=1S/C13H17NO3/c14-11(7-8-13(15)16)10-3-1-2-4-12(10)17-9-5-6-9/h1-4,9,11H,5-8,14H2,(H,15,16). The first-order valence-electron chi connectivity index (χ1n) is 5.90. The zero-order valence-electron chi connectivity index (χ0n) is 9.63. The molecule has 1 aliphatic rings. The third-order valence-electron chi connectivity index (χ3n) is 2.81. The minimum absolute atomic E-state index is 0.0823. The number of carbonyl (C=O) groups is 1. The van der Waals surface area contributed by atoms with E-state index in [1.807, 2.05) is 24.3 Å². The summed E-state index contributed by atoms with van der Waals surface area (Å²) in [6, 6.07) is 7.33. The van der Waals surface area contributed by atoms with Gasteiger partial charge in [-0.1, -0.05) is 18.2 Å². The van der Waals surface area contributed by atoms with Crippen LogP contribution in [0.1, 0.15) is 37.3 Å². The lowest BCUT2D eigenvalue weighted by Crippen LogP contribution is -2.14. The van der Waals surface area contributed by atoms with E-state index in [9.17, 15) is 4.79 Å². The molecule has 1 atom stereocenters. The maximum absolute atomic E-state index is 10.5. The first-order valence-corrected chi connectivity index (χ1v) is 5.90. The van der Waals surface area contributed by atoms with Crippen LogP contribution in [-0.2, 0) is 4.79 Å². The van der Waals surface area contributed by atoms with E-state index in [1.54, 1.807) is 0 Å². The Morgan fingerprint density at radius 3 is 2.82 bits per heavy atom. The van der Waals surface area contributed by atoms with Gasteiger partial charge in [0, 0.05) is 18.0 Å². The van der Waals surface area contributed by atoms with Gasteiger partial charge in [0.2, 0.25) is 0 Å². The summed E-state index contributed by atoms with van der Waals surface area (Å²) in [4.78, 5) is 10.5. The van der Waals surface area contributed by atoms with Gasteiger partial charge in [-0.25, -0.2) is 0 Å². The topological polar surface area (TPSA) is 72.6 Å². The van der Waals surface area contributed by atoms with Gasteiger partial charge in [0.15, 0.2) is 0 Å². The summed E-state index contributed by atoms with van der Waals surface area (Å²) in [5, 5.41) is 8.65. The Morgan fingerprint density at radius 2 is 2.18 bits per heavy atom. The molecule has 1 saturated carbocycles. The van der Waals surface area contributed by atoms with Gasteiger partial charge in [-0.3, -0.25) is 4.79 Å². The number of hydrogen-bond donors (Lipinski definition) is 2. The van der Waals surface area contributed by atoms with Gasteiger partial charge in [0.05, 0.1) is 6.10 Å². The third-order valence-corrected chi connectivity index (χ3v) is 2.81. The molecule has 0 radical (unpaired) electrons. The molecular formula is C13H17NO3. The Bertz CT molecular complexity index is 401. The van der Waals surface area contributed by atoms with Crippen LogP contribution >= 0.6 is 0 Å². The molecule has 3 N–H and O–H groups in total. The summed E-state index contributed by atoms with van der Waals surface area (Å²) in [7, 11) is 0. The van der Waals surface area contributed by atoms with Crippen molar-refractivity contribution >= 4 is 5.97 Å². The first kappa shape index (κ1) is 11.9. The summed E-state index contributed by atoms with van der Waals surface area (Å²) in [5.41, 5.74) is 6.90. The van der Waals surface area contributed by atoms with Gasteiger partial charge >= 0.3 is 5.97 Å². The van der Waals surface area contributed by atoms with Gasteiger partial charge in [-0.05, 0) is 25.3 Å². The van der Waals surface area contributed by atoms with Crippen molar-refractivity contribution in [3.8, 4) is 5.75 Å². The van der Waals surface area contributed by atoms with Gasteiger partial charge in [-0.2, -0.15) is 0 Å². The maximum Gasteiger partial charge on any atom is 0.303 e. The first-order chi connectivity index (χ1) is 8.16. The van der Waals surface area contributed by atoms with Crippen molar-refractivity contribution in [2.45, 2.75) is 37.8 Å². The predicted octanol–water partition coefficient (Wildman–Crippen LogP) is 2.09. The second-order valence-corrected chi connectivity index (χ2v) is 4.39. The summed E-state index contributed by atoms with van der Waals surface area (Å²) < 4.78 is 5.76. The lowest BCUT2D eigenvalue weighted by atomic mass is 10.0. The van der Waals surface area contributed by atoms with E-state index >= 15 is 0 Å². The van der Waals surface area contributed by atoms with E-state index in [4.69, 9.17) is 15.6 Å². The molecule has 1 aromatic carbocycles. The summed E-state index contributed by atoms with van der Waals surface area (Å²) in [5.74, 6) is -0.0195. The predicted molar refractivity (Wildman–Crippen MR) is 63.9 cm³/mol. The Morgan fingerprint density at radius 1 is 1.47 bits per heavy atom. The van der Waals surface area contributed by atoms with Crippen LogP contribution in [-0.4, -0.2) is 17.2 Å². The van der Waals surface area contributed by atoms with Crippen molar-refractivity contribution in [2.24, 2.45) is 5.73 Å². The summed E-state index contributed by atoms with van der Waals surface area (Å²) >= 11 is 0. The number of aliphatic carboxylic acids is 1. The number of carboxylic acid groups (broad SMARTS) is 1.